The van der Waals surface area contributed by atoms with Crippen LogP contribution in [0.5, 0.6) is 5.75 Å². The van der Waals surface area contributed by atoms with Crippen molar-refractivity contribution in [1.29, 1.82) is 0 Å². The molecule has 0 aromatic heterocycles. The SMILES string of the molecule is COCC(=O)c1ccc(OCc2cccc(C)c2)c(C)c1. The summed E-state index contributed by atoms with van der Waals surface area (Å²) in [4.78, 5) is 11.8. The van der Waals surface area contributed by atoms with E-state index in [2.05, 4.69) is 19.1 Å². The summed E-state index contributed by atoms with van der Waals surface area (Å²) in [5.74, 6) is 0.774. The van der Waals surface area contributed by atoms with Gasteiger partial charge in [-0.05, 0) is 43.2 Å². The molecule has 2 aromatic carbocycles. The van der Waals surface area contributed by atoms with Gasteiger partial charge in [-0.25, -0.2) is 0 Å². The highest BCUT2D eigenvalue weighted by Crippen LogP contribution is 2.21. The number of ether oxygens (including phenoxy) is 2. The van der Waals surface area contributed by atoms with Crippen LogP contribution >= 0.6 is 0 Å². The lowest BCUT2D eigenvalue weighted by atomic mass is 10.1. The Hall–Kier alpha value is -2.13. The van der Waals surface area contributed by atoms with E-state index in [1.807, 2.05) is 31.2 Å². The van der Waals surface area contributed by atoms with Crippen LogP contribution in [0.15, 0.2) is 42.5 Å². The number of rotatable bonds is 6. The summed E-state index contributed by atoms with van der Waals surface area (Å²) in [7, 11) is 1.52. The van der Waals surface area contributed by atoms with Crippen molar-refractivity contribution in [2.24, 2.45) is 0 Å². The quantitative estimate of drug-likeness (QED) is 0.759. The summed E-state index contributed by atoms with van der Waals surface area (Å²) in [6.45, 7) is 4.62. The molecule has 2 rings (SSSR count). The molecule has 0 heterocycles. The third-order valence-electron chi connectivity index (χ3n) is 3.25. The molecule has 0 amide bonds. The maximum absolute atomic E-state index is 11.8. The zero-order chi connectivity index (χ0) is 15.2. The Morgan fingerprint density at radius 1 is 1.10 bits per heavy atom. The van der Waals surface area contributed by atoms with Crippen LogP contribution in [0.25, 0.3) is 0 Å². The molecule has 0 bridgehead atoms. The van der Waals surface area contributed by atoms with Gasteiger partial charge in [0.1, 0.15) is 19.0 Å². The van der Waals surface area contributed by atoms with Crippen molar-refractivity contribution in [3.8, 4) is 5.75 Å². The molecule has 0 N–H and O–H groups in total. The summed E-state index contributed by atoms with van der Waals surface area (Å²) >= 11 is 0. The fraction of sp³-hybridized carbons (Fsp3) is 0.278. The average Bonchev–Trinajstić information content (AvgIpc) is 2.46. The van der Waals surface area contributed by atoms with Crippen molar-refractivity contribution in [3.05, 3.63) is 64.7 Å². The number of hydrogen-bond donors (Lipinski definition) is 0. The number of benzene rings is 2. The van der Waals surface area contributed by atoms with Gasteiger partial charge in [-0.3, -0.25) is 4.79 Å². The van der Waals surface area contributed by atoms with E-state index < -0.39 is 0 Å². The molecular weight excluding hydrogens is 264 g/mol. The lowest BCUT2D eigenvalue weighted by Crippen LogP contribution is -2.07. The van der Waals surface area contributed by atoms with Crippen LogP contribution in [0.3, 0.4) is 0 Å². The van der Waals surface area contributed by atoms with Crippen molar-refractivity contribution in [2.45, 2.75) is 20.5 Å². The molecule has 0 spiro atoms. The Balaban J connectivity index is 2.06. The molecular formula is C18H20O3. The molecule has 110 valence electrons. The molecule has 21 heavy (non-hydrogen) atoms. The van der Waals surface area contributed by atoms with Crippen LogP contribution in [-0.4, -0.2) is 19.5 Å². The largest absolute Gasteiger partial charge is 0.489 e. The summed E-state index contributed by atoms with van der Waals surface area (Å²) in [5.41, 5.74) is 3.95. The number of carbonyl (C=O) groups excluding carboxylic acids is 1. The van der Waals surface area contributed by atoms with E-state index in [1.54, 1.807) is 6.07 Å². The smallest absolute Gasteiger partial charge is 0.188 e. The van der Waals surface area contributed by atoms with Gasteiger partial charge in [-0.2, -0.15) is 0 Å². The standard InChI is InChI=1S/C18H20O3/c1-13-5-4-6-15(9-13)11-21-18-8-7-16(10-14(18)2)17(19)12-20-3/h4-10H,11-12H2,1-3H3. The maximum atomic E-state index is 11.8. The first-order chi connectivity index (χ1) is 10.1. The third kappa shape index (κ3) is 4.17. The van der Waals surface area contributed by atoms with E-state index in [0.717, 1.165) is 16.9 Å². The second-order valence-electron chi connectivity index (χ2n) is 5.11. The Morgan fingerprint density at radius 2 is 1.90 bits per heavy atom. The van der Waals surface area contributed by atoms with Gasteiger partial charge in [0.05, 0.1) is 0 Å². The van der Waals surface area contributed by atoms with Crippen molar-refractivity contribution < 1.29 is 14.3 Å². The normalized spacial score (nSPS) is 10.4. The van der Waals surface area contributed by atoms with Crippen molar-refractivity contribution in [2.75, 3.05) is 13.7 Å². The summed E-state index contributed by atoms with van der Waals surface area (Å²) < 4.78 is 10.7. The van der Waals surface area contributed by atoms with E-state index in [0.29, 0.717) is 12.2 Å². The Kier molecular flexibility index (Phi) is 5.12. The number of aryl methyl sites for hydroxylation is 2. The lowest BCUT2D eigenvalue weighted by Gasteiger charge is -2.11. The van der Waals surface area contributed by atoms with Gasteiger partial charge in [0, 0.05) is 12.7 Å². The van der Waals surface area contributed by atoms with Crippen molar-refractivity contribution in [1.82, 2.24) is 0 Å². The van der Waals surface area contributed by atoms with Gasteiger partial charge >= 0.3 is 0 Å². The van der Waals surface area contributed by atoms with Gasteiger partial charge in [0.2, 0.25) is 0 Å². The Labute approximate surface area is 125 Å². The highest BCUT2D eigenvalue weighted by atomic mass is 16.5. The molecule has 3 heteroatoms. The molecule has 0 aliphatic rings. The second kappa shape index (κ2) is 7.04. The van der Waals surface area contributed by atoms with Crippen LogP contribution in [0.4, 0.5) is 0 Å². The van der Waals surface area contributed by atoms with Crippen molar-refractivity contribution in [3.63, 3.8) is 0 Å². The first kappa shape index (κ1) is 15.3. The summed E-state index contributed by atoms with van der Waals surface area (Å²) in [6.07, 6.45) is 0. The van der Waals surface area contributed by atoms with Crippen molar-refractivity contribution >= 4 is 5.78 Å². The van der Waals surface area contributed by atoms with Crippen LogP contribution in [-0.2, 0) is 11.3 Å². The van der Waals surface area contributed by atoms with Gasteiger partial charge in [0.15, 0.2) is 5.78 Å². The predicted octanol–water partition coefficient (Wildman–Crippen LogP) is 3.71. The number of methoxy groups -OCH3 is 1. The van der Waals surface area contributed by atoms with Gasteiger partial charge in [0.25, 0.3) is 0 Å². The fourth-order valence-electron chi connectivity index (χ4n) is 2.16. The minimum absolute atomic E-state index is 0.0224. The van der Waals surface area contributed by atoms with E-state index in [1.165, 1.54) is 12.7 Å². The fourth-order valence-corrected chi connectivity index (χ4v) is 2.16. The first-order valence-electron chi connectivity index (χ1n) is 6.91. The summed E-state index contributed by atoms with van der Waals surface area (Å²) in [5, 5.41) is 0. The third-order valence-corrected chi connectivity index (χ3v) is 3.25. The van der Waals surface area contributed by atoms with E-state index >= 15 is 0 Å². The molecule has 2 aromatic rings. The Morgan fingerprint density at radius 3 is 2.57 bits per heavy atom. The molecule has 3 nitrogen and oxygen atoms in total. The second-order valence-corrected chi connectivity index (χ2v) is 5.11. The zero-order valence-electron chi connectivity index (χ0n) is 12.7. The van der Waals surface area contributed by atoms with Crippen LogP contribution < -0.4 is 4.74 Å². The lowest BCUT2D eigenvalue weighted by molar-refractivity contribution is 0.0848. The van der Waals surface area contributed by atoms with Crippen LogP contribution in [0, 0.1) is 13.8 Å². The van der Waals surface area contributed by atoms with Gasteiger partial charge in [-0.1, -0.05) is 29.8 Å². The molecule has 0 unspecified atom stereocenters. The van der Waals surface area contributed by atoms with Gasteiger partial charge in [-0.15, -0.1) is 0 Å². The minimum atomic E-state index is -0.0224. The highest BCUT2D eigenvalue weighted by Gasteiger charge is 2.08. The van der Waals surface area contributed by atoms with Crippen LogP contribution in [0.1, 0.15) is 27.0 Å². The topological polar surface area (TPSA) is 35.5 Å². The molecule has 0 saturated heterocycles. The predicted molar refractivity (Wildman–Crippen MR) is 82.9 cm³/mol. The average molecular weight is 284 g/mol. The molecule has 0 aliphatic carbocycles. The Bertz CT molecular complexity index is 632. The number of hydrogen-bond acceptors (Lipinski definition) is 3. The molecule has 0 saturated carbocycles. The molecule has 0 aliphatic heterocycles. The summed E-state index contributed by atoms with van der Waals surface area (Å²) in [6, 6.07) is 13.7. The number of Topliss-reactive ketones (excluding diaryl/α,β-unsaturated/α-hetero) is 1. The van der Waals surface area contributed by atoms with Gasteiger partial charge < -0.3 is 9.47 Å². The highest BCUT2D eigenvalue weighted by molar-refractivity contribution is 5.97. The molecule has 0 fully saturated rings. The number of carbonyl (C=O) groups is 1. The maximum Gasteiger partial charge on any atom is 0.188 e. The monoisotopic (exact) mass is 284 g/mol. The first-order valence-corrected chi connectivity index (χ1v) is 6.91. The minimum Gasteiger partial charge on any atom is -0.489 e. The van der Waals surface area contributed by atoms with E-state index in [9.17, 15) is 4.79 Å². The molecule has 0 radical (unpaired) electrons. The molecule has 0 atom stereocenters. The zero-order valence-corrected chi connectivity index (χ0v) is 12.7. The van der Waals surface area contributed by atoms with Crippen LogP contribution in [0.2, 0.25) is 0 Å². The van der Waals surface area contributed by atoms with E-state index in [-0.39, 0.29) is 12.4 Å². The number of ketones is 1. The van der Waals surface area contributed by atoms with E-state index in [4.69, 9.17) is 9.47 Å².